The Labute approximate surface area is 120 Å². The minimum Gasteiger partial charge on any atom is -0.467 e. The van der Waals surface area contributed by atoms with Crippen molar-refractivity contribution in [1.82, 2.24) is 5.32 Å². The first kappa shape index (κ1) is 14.8. The van der Waals surface area contributed by atoms with Crippen LogP contribution >= 0.6 is 0 Å². The molecule has 1 aromatic heterocycles. The summed E-state index contributed by atoms with van der Waals surface area (Å²) in [6.45, 7) is 2.97. The second-order valence-corrected chi connectivity index (χ2v) is 5.06. The van der Waals surface area contributed by atoms with Gasteiger partial charge in [-0.1, -0.05) is 18.2 Å². The van der Waals surface area contributed by atoms with Crippen molar-refractivity contribution < 1.29 is 18.7 Å². The zero-order valence-corrected chi connectivity index (χ0v) is 11.9. The summed E-state index contributed by atoms with van der Waals surface area (Å²) in [5, 5.41) is 3.08. The lowest BCUT2D eigenvalue weighted by Crippen LogP contribution is -2.51. The molecule has 21 heavy (non-hydrogen) atoms. The van der Waals surface area contributed by atoms with Crippen molar-refractivity contribution in [3.8, 4) is 0 Å². The van der Waals surface area contributed by atoms with Crippen molar-refractivity contribution in [2.45, 2.75) is 19.4 Å². The topological polar surface area (TPSA) is 85.6 Å². The summed E-state index contributed by atoms with van der Waals surface area (Å²) < 4.78 is 9.68. The first-order valence-corrected chi connectivity index (χ1v) is 6.29. The summed E-state index contributed by atoms with van der Waals surface area (Å²) in [4.78, 5) is 35.6. The number of carbonyl (C=O) groups is 2. The molecule has 1 aromatic carbocycles. The van der Waals surface area contributed by atoms with E-state index < -0.39 is 23.0 Å². The highest BCUT2D eigenvalue weighted by atomic mass is 16.5. The molecule has 0 spiro atoms. The predicted octanol–water partition coefficient (Wildman–Crippen LogP) is 1.47. The van der Waals surface area contributed by atoms with E-state index >= 15 is 0 Å². The van der Waals surface area contributed by atoms with Crippen molar-refractivity contribution in [3.05, 3.63) is 46.3 Å². The lowest BCUT2D eigenvalue weighted by molar-refractivity contribution is -0.146. The first-order chi connectivity index (χ1) is 9.85. The SMILES string of the molecule is COC(=O)C(C)(C)NC(=O)c1cc2ccccc2oc1=O. The number of hydrogen-bond donors (Lipinski definition) is 1. The molecule has 2 rings (SSSR count). The van der Waals surface area contributed by atoms with Gasteiger partial charge in [0.25, 0.3) is 5.91 Å². The Bertz CT molecular complexity index is 760. The van der Waals surface area contributed by atoms with E-state index in [0.717, 1.165) is 0 Å². The van der Waals surface area contributed by atoms with E-state index in [1.807, 2.05) is 0 Å². The van der Waals surface area contributed by atoms with E-state index in [1.54, 1.807) is 24.3 Å². The number of carbonyl (C=O) groups excluding carboxylic acids is 2. The first-order valence-electron chi connectivity index (χ1n) is 6.29. The van der Waals surface area contributed by atoms with Crippen LogP contribution in [0.4, 0.5) is 0 Å². The molecule has 0 unspecified atom stereocenters. The van der Waals surface area contributed by atoms with Gasteiger partial charge < -0.3 is 14.5 Å². The van der Waals surface area contributed by atoms with E-state index in [4.69, 9.17) is 4.42 Å². The van der Waals surface area contributed by atoms with Crippen molar-refractivity contribution in [3.63, 3.8) is 0 Å². The average Bonchev–Trinajstić information content (AvgIpc) is 2.44. The molecule has 0 saturated carbocycles. The fraction of sp³-hybridized carbons (Fsp3) is 0.267. The molecule has 0 atom stereocenters. The Hall–Kier alpha value is -2.63. The van der Waals surface area contributed by atoms with Crippen LogP contribution in [0.2, 0.25) is 0 Å². The molecule has 0 fully saturated rings. The van der Waals surface area contributed by atoms with Crippen LogP contribution in [0.1, 0.15) is 24.2 Å². The number of methoxy groups -OCH3 is 1. The van der Waals surface area contributed by atoms with Crippen LogP contribution in [-0.4, -0.2) is 24.5 Å². The van der Waals surface area contributed by atoms with Gasteiger partial charge in [0, 0.05) is 5.39 Å². The van der Waals surface area contributed by atoms with Crippen molar-refractivity contribution in [2.24, 2.45) is 0 Å². The van der Waals surface area contributed by atoms with E-state index in [0.29, 0.717) is 11.0 Å². The third-order valence-corrected chi connectivity index (χ3v) is 3.01. The fourth-order valence-electron chi connectivity index (χ4n) is 1.88. The van der Waals surface area contributed by atoms with Crippen LogP contribution in [0.5, 0.6) is 0 Å². The molecule has 0 aliphatic heterocycles. The van der Waals surface area contributed by atoms with Gasteiger partial charge in [-0.3, -0.25) is 4.79 Å². The molecule has 110 valence electrons. The van der Waals surface area contributed by atoms with E-state index in [1.165, 1.54) is 27.0 Å². The maximum absolute atomic E-state index is 12.2. The Balaban J connectivity index is 2.38. The van der Waals surface area contributed by atoms with Crippen molar-refractivity contribution in [2.75, 3.05) is 7.11 Å². The second kappa shape index (κ2) is 5.40. The highest BCUT2D eigenvalue weighted by molar-refractivity contribution is 5.99. The quantitative estimate of drug-likeness (QED) is 0.683. The molecule has 0 radical (unpaired) electrons. The molecule has 1 heterocycles. The third kappa shape index (κ3) is 2.94. The monoisotopic (exact) mass is 289 g/mol. The normalized spacial score (nSPS) is 11.2. The van der Waals surface area contributed by atoms with Crippen LogP contribution < -0.4 is 10.9 Å². The molecule has 1 amide bonds. The lowest BCUT2D eigenvalue weighted by Gasteiger charge is -2.22. The molecule has 0 aliphatic rings. The van der Waals surface area contributed by atoms with Crippen molar-refractivity contribution in [1.29, 1.82) is 0 Å². The Morgan fingerprint density at radius 3 is 2.57 bits per heavy atom. The van der Waals surface area contributed by atoms with Gasteiger partial charge in [-0.05, 0) is 26.0 Å². The van der Waals surface area contributed by atoms with Crippen LogP contribution in [0, 0.1) is 0 Å². The number of fused-ring (bicyclic) bond motifs is 1. The number of esters is 1. The maximum atomic E-state index is 12.2. The Morgan fingerprint density at radius 2 is 1.90 bits per heavy atom. The average molecular weight is 289 g/mol. The standard InChI is InChI=1S/C15H15NO5/c1-15(2,14(19)20-3)16-12(17)10-8-9-6-4-5-7-11(9)21-13(10)18/h4-8H,1-3H3,(H,16,17). The van der Waals surface area contributed by atoms with Gasteiger partial charge in [-0.15, -0.1) is 0 Å². The highest BCUT2D eigenvalue weighted by Crippen LogP contribution is 2.13. The van der Waals surface area contributed by atoms with Crippen LogP contribution in [0.25, 0.3) is 11.0 Å². The number of amides is 1. The molecular weight excluding hydrogens is 274 g/mol. The zero-order chi connectivity index (χ0) is 15.6. The van der Waals surface area contributed by atoms with Gasteiger partial charge in [0.1, 0.15) is 16.7 Å². The summed E-state index contributed by atoms with van der Waals surface area (Å²) in [5.74, 6) is -1.30. The van der Waals surface area contributed by atoms with Gasteiger partial charge in [0.05, 0.1) is 7.11 Å². The van der Waals surface area contributed by atoms with Crippen LogP contribution in [0.3, 0.4) is 0 Å². The third-order valence-electron chi connectivity index (χ3n) is 3.01. The fourth-order valence-corrected chi connectivity index (χ4v) is 1.88. The molecule has 6 nitrogen and oxygen atoms in total. The largest absolute Gasteiger partial charge is 0.467 e. The van der Waals surface area contributed by atoms with Gasteiger partial charge >= 0.3 is 11.6 Å². The van der Waals surface area contributed by atoms with Gasteiger partial charge in [0.15, 0.2) is 0 Å². The van der Waals surface area contributed by atoms with Gasteiger partial charge in [0.2, 0.25) is 0 Å². The molecular formula is C15H15NO5. The molecule has 6 heteroatoms. The summed E-state index contributed by atoms with van der Waals surface area (Å²) in [7, 11) is 1.22. The van der Waals surface area contributed by atoms with Crippen LogP contribution in [-0.2, 0) is 9.53 Å². The maximum Gasteiger partial charge on any atom is 0.349 e. The summed E-state index contributed by atoms with van der Waals surface area (Å²) >= 11 is 0. The van der Waals surface area contributed by atoms with E-state index in [2.05, 4.69) is 10.1 Å². The molecule has 2 aromatic rings. The predicted molar refractivity (Wildman–Crippen MR) is 76.0 cm³/mol. The van der Waals surface area contributed by atoms with E-state index in [9.17, 15) is 14.4 Å². The number of rotatable bonds is 3. The molecule has 0 aliphatic carbocycles. The number of ether oxygens (including phenoxy) is 1. The Morgan fingerprint density at radius 1 is 1.24 bits per heavy atom. The number of nitrogens with one attached hydrogen (secondary N) is 1. The zero-order valence-electron chi connectivity index (χ0n) is 11.9. The van der Waals surface area contributed by atoms with Crippen molar-refractivity contribution >= 4 is 22.8 Å². The molecule has 1 N–H and O–H groups in total. The lowest BCUT2D eigenvalue weighted by atomic mass is 10.1. The second-order valence-electron chi connectivity index (χ2n) is 5.06. The van der Waals surface area contributed by atoms with Gasteiger partial charge in [-0.25, -0.2) is 9.59 Å². The summed E-state index contributed by atoms with van der Waals surface area (Å²) in [6, 6.07) is 8.29. The van der Waals surface area contributed by atoms with Crippen LogP contribution in [0.15, 0.2) is 39.5 Å². The number of hydrogen-bond acceptors (Lipinski definition) is 5. The minimum atomic E-state index is -1.25. The van der Waals surface area contributed by atoms with E-state index in [-0.39, 0.29) is 5.56 Å². The smallest absolute Gasteiger partial charge is 0.349 e. The molecule has 0 bridgehead atoms. The minimum absolute atomic E-state index is 0.161. The highest BCUT2D eigenvalue weighted by Gasteiger charge is 2.31. The number of benzene rings is 1. The van der Waals surface area contributed by atoms with Gasteiger partial charge in [-0.2, -0.15) is 0 Å². The summed E-state index contributed by atoms with van der Waals surface area (Å²) in [6.07, 6.45) is 0. The molecule has 0 saturated heterocycles. The summed E-state index contributed by atoms with van der Waals surface area (Å²) in [5.41, 5.74) is -1.77. The Kier molecular flexibility index (Phi) is 3.80. The number of para-hydroxylation sites is 1.